The summed E-state index contributed by atoms with van der Waals surface area (Å²) < 4.78 is 4.74. The van der Waals surface area contributed by atoms with Gasteiger partial charge in [0.1, 0.15) is 11.8 Å². The van der Waals surface area contributed by atoms with E-state index in [4.69, 9.17) is 16.3 Å². The molecule has 220 valence electrons. The molecule has 0 aliphatic carbocycles. The highest BCUT2D eigenvalue weighted by atomic mass is 35.5. The van der Waals surface area contributed by atoms with Crippen molar-refractivity contribution in [3.05, 3.63) is 53.1 Å². The number of aryl methyl sites for hydroxylation is 1. The first kappa shape index (κ1) is 29.7. The molecule has 6 atom stereocenters. The third-order valence-corrected chi connectivity index (χ3v) is 10.8. The Morgan fingerprint density at radius 2 is 1.90 bits per heavy atom. The molecule has 10 heteroatoms. The zero-order chi connectivity index (χ0) is 29.5. The smallest absolute Gasteiger partial charge is 0.248 e. The minimum Gasteiger partial charge on any atom is -0.494 e. The van der Waals surface area contributed by atoms with E-state index in [1.807, 2.05) is 39.8 Å². The van der Waals surface area contributed by atoms with Gasteiger partial charge in [-0.1, -0.05) is 37.6 Å². The summed E-state index contributed by atoms with van der Waals surface area (Å²) in [5, 5.41) is 16.8. The lowest BCUT2D eigenvalue weighted by Gasteiger charge is -2.37. The highest BCUT2D eigenvalue weighted by Gasteiger charge is 2.74. The standard InChI is InChI=1S/C31H38ClN3O5S/c1-5-40-21-11-9-19(10-12-21)33-28(37)24-23-13-14-31(41-23)25(24)30(39)35(20(16-36)15-17(2)3)27(31)29(38)34-26-18(4)7-6-8-22(26)32/h6-12,17,20,23-25,27,36H,5,13-16H2,1-4H3,(H,33,37)(H,34,38)/t20-,23+,24-,25+,27?,31?/m1/s1. The lowest BCUT2D eigenvalue weighted by molar-refractivity contribution is -0.141. The van der Waals surface area contributed by atoms with Crippen LogP contribution >= 0.6 is 23.4 Å². The number of carbonyl (C=O) groups excluding carboxylic acids is 3. The Morgan fingerprint density at radius 3 is 2.54 bits per heavy atom. The number of para-hydroxylation sites is 1. The second-order valence-electron chi connectivity index (χ2n) is 11.6. The molecule has 0 saturated carbocycles. The van der Waals surface area contributed by atoms with Crippen LogP contribution in [0.5, 0.6) is 5.75 Å². The molecule has 2 unspecified atom stereocenters. The molecular weight excluding hydrogens is 562 g/mol. The fourth-order valence-electron chi connectivity index (χ4n) is 6.91. The Hall–Kier alpha value is -2.75. The molecular formula is C31H38ClN3O5S. The van der Waals surface area contributed by atoms with E-state index in [2.05, 4.69) is 10.6 Å². The molecule has 1 spiro atoms. The molecule has 3 aliphatic heterocycles. The topological polar surface area (TPSA) is 108 Å². The van der Waals surface area contributed by atoms with Gasteiger partial charge in [0, 0.05) is 10.9 Å². The van der Waals surface area contributed by atoms with Crippen molar-refractivity contribution in [2.45, 2.75) is 69.0 Å². The number of benzene rings is 2. The predicted molar refractivity (Wildman–Crippen MR) is 162 cm³/mol. The second-order valence-corrected chi connectivity index (χ2v) is 13.6. The summed E-state index contributed by atoms with van der Waals surface area (Å²) in [7, 11) is 0. The first-order valence-corrected chi connectivity index (χ1v) is 15.6. The monoisotopic (exact) mass is 599 g/mol. The van der Waals surface area contributed by atoms with Crippen LogP contribution in [0.2, 0.25) is 5.02 Å². The molecule has 2 aromatic rings. The molecule has 41 heavy (non-hydrogen) atoms. The molecule has 3 heterocycles. The molecule has 3 amide bonds. The maximum absolute atomic E-state index is 14.3. The minimum atomic E-state index is -0.843. The van der Waals surface area contributed by atoms with Crippen molar-refractivity contribution in [3.63, 3.8) is 0 Å². The van der Waals surface area contributed by atoms with Crippen molar-refractivity contribution in [1.29, 1.82) is 0 Å². The summed E-state index contributed by atoms with van der Waals surface area (Å²) in [6, 6.07) is 11.2. The summed E-state index contributed by atoms with van der Waals surface area (Å²) in [5.74, 6) is -1.15. The van der Waals surface area contributed by atoms with E-state index in [9.17, 15) is 19.5 Å². The number of hydrogen-bond donors (Lipinski definition) is 3. The minimum absolute atomic E-state index is 0.0798. The number of nitrogens with zero attached hydrogens (tertiary/aromatic N) is 1. The second kappa shape index (κ2) is 11.9. The lowest BCUT2D eigenvalue weighted by Crippen LogP contribution is -2.55. The van der Waals surface area contributed by atoms with Crippen LogP contribution in [0.4, 0.5) is 11.4 Å². The summed E-state index contributed by atoms with van der Waals surface area (Å²) in [6.45, 7) is 8.11. The number of halogens is 1. The van der Waals surface area contributed by atoms with Crippen LogP contribution in [0.25, 0.3) is 0 Å². The zero-order valence-corrected chi connectivity index (χ0v) is 25.4. The van der Waals surface area contributed by atoms with Crippen molar-refractivity contribution < 1.29 is 24.2 Å². The quantitative estimate of drug-likeness (QED) is 0.350. The summed E-state index contributed by atoms with van der Waals surface area (Å²) in [5.41, 5.74) is 1.95. The maximum Gasteiger partial charge on any atom is 0.248 e. The van der Waals surface area contributed by atoms with Gasteiger partial charge in [0.25, 0.3) is 0 Å². The van der Waals surface area contributed by atoms with E-state index in [0.717, 1.165) is 12.0 Å². The lowest BCUT2D eigenvalue weighted by atomic mass is 9.70. The van der Waals surface area contributed by atoms with Gasteiger partial charge in [-0.25, -0.2) is 0 Å². The van der Waals surface area contributed by atoms with Gasteiger partial charge in [-0.2, -0.15) is 0 Å². The summed E-state index contributed by atoms with van der Waals surface area (Å²) >= 11 is 8.06. The van der Waals surface area contributed by atoms with Gasteiger partial charge in [-0.3, -0.25) is 14.4 Å². The Morgan fingerprint density at radius 1 is 1.17 bits per heavy atom. The molecule has 2 aromatic carbocycles. The average Bonchev–Trinajstić information content (AvgIpc) is 3.58. The third kappa shape index (κ3) is 5.32. The normalized spacial score (nSPS) is 27.2. The molecule has 0 radical (unpaired) electrons. The number of rotatable bonds is 10. The highest BCUT2D eigenvalue weighted by Crippen LogP contribution is 2.67. The van der Waals surface area contributed by atoms with Crippen LogP contribution in [-0.4, -0.2) is 63.0 Å². The van der Waals surface area contributed by atoms with Crippen molar-refractivity contribution >= 4 is 52.5 Å². The maximum atomic E-state index is 14.3. The van der Waals surface area contributed by atoms with Gasteiger partial charge in [0.15, 0.2) is 0 Å². The van der Waals surface area contributed by atoms with Crippen molar-refractivity contribution in [2.75, 3.05) is 23.8 Å². The number of nitrogens with one attached hydrogen (secondary N) is 2. The van der Waals surface area contributed by atoms with Crippen LogP contribution in [0.15, 0.2) is 42.5 Å². The highest BCUT2D eigenvalue weighted by molar-refractivity contribution is 8.02. The molecule has 3 N–H and O–H groups in total. The van der Waals surface area contributed by atoms with Gasteiger partial charge in [-0.05, 0) is 74.9 Å². The number of amides is 3. The number of carbonyl (C=O) groups is 3. The number of likely N-dealkylation sites (tertiary alicyclic amines) is 1. The van der Waals surface area contributed by atoms with Crippen LogP contribution in [0.3, 0.4) is 0 Å². The number of hydrogen-bond acceptors (Lipinski definition) is 6. The Balaban J connectivity index is 1.49. The first-order chi connectivity index (χ1) is 19.6. The van der Waals surface area contributed by atoms with E-state index < -0.39 is 28.7 Å². The SMILES string of the molecule is CCOc1ccc(NC(=O)[C@@H]2[C@@H]3CCC4(S3)C(C(=O)Nc3c(C)cccc3Cl)N([C@@H](CO)CC(C)C)C(=O)[C@H]24)cc1. The Labute approximate surface area is 250 Å². The Bertz CT molecular complexity index is 1300. The molecule has 5 rings (SSSR count). The van der Waals surface area contributed by atoms with Crippen molar-refractivity contribution in [3.8, 4) is 5.75 Å². The third-order valence-electron chi connectivity index (χ3n) is 8.54. The van der Waals surface area contributed by atoms with Gasteiger partial charge < -0.3 is 25.4 Å². The fraction of sp³-hybridized carbons (Fsp3) is 0.516. The van der Waals surface area contributed by atoms with E-state index in [0.29, 0.717) is 41.6 Å². The van der Waals surface area contributed by atoms with Crippen LogP contribution in [0.1, 0.15) is 45.6 Å². The van der Waals surface area contributed by atoms with E-state index >= 15 is 0 Å². The van der Waals surface area contributed by atoms with E-state index in [-0.39, 0.29) is 35.5 Å². The van der Waals surface area contributed by atoms with Crippen LogP contribution in [0, 0.1) is 24.7 Å². The fourth-order valence-corrected chi connectivity index (χ4v) is 9.39. The number of ether oxygens (including phenoxy) is 1. The van der Waals surface area contributed by atoms with Gasteiger partial charge in [0.05, 0.1) is 46.5 Å². The average molecular weight is 600 g/mol. The van der Waals surface area contributed by atoms with Gasteiger partial charge >= 0.3 is 0 Å². The number of aliphatic hydroxyl groups is 1. The van der Waals surface area contributed by atoms with Crippen molar-refractivity contribution in [2.24, 2.45) is 17.8 Å². The number of thioether (sulfide) groups is 1. The summed E-state index contributed by atoms with van der Waals surface area (Å²) in [6.07, 6.45) is 1.91. The first-order valence-electron chi connectivity index (χ1n) is 14.3. The number of fused-ring (bicyclic) bond motifs is 1. The largest absolute Gasteiger partial charge is 0.494 e. The van der Waals surface area contributed by atoms with Crippen molar-refractivity contribution in [1.82, 2.24) is 4.90 Å². The number of aliphatic hydroxyl groups excluding tert-OH is 1. The molecule has 8 nitrogen and oxygen atoms in total. The molecule has 3 saturated heterocycles. The van der Waals surface area contributed by atoms with E-state index in [1.54, 1.807) is 47.0 Å². The van der Waals surface area contributed by atoms with Crippen LogP contribution < -0.4 is 15.4 Å². The van der Waals surface area contributed by atoms with E-state index in [1.165, 1.54) is 0 Å². The van der Waals surface area contributed by atoms with Crippen LogP contribution in [-0.2, 0) is 14.4 Å². The molecule has 2 bridgehead atoms. The predicted octanol–water partition coefficient (Wildman–Crippen LogP) is 5.12. The molecule has 3 aliphatic rings. The zero-order valence-electron chi connectivity index (χ0n) is 23.9. The van der Waals surface area contributed by atoms with Gasteiger partial charge in [0.2, 0.25) is 17.7 Å². The van der Waals surface area contributed by atoms with Gasteiger partial charge in [-0.15, -0.1) is 11.8 Å². The summed E-state index contributed by atoms with van der Waals surface area (Å²) in [4.78, 5) is 43.9. The molecule has 0 aromatic heterocycles. The molecule has 3 fully saturated rings. The number of anilines is 2. The Kier molecular flexibility index (Phi) is 8.60.